The summed E-state index contributed by atoms with van der Waals surface area (Å²) < 4.78 is 29.0. The average Bonchev–Trinajstić information content (AvgIpc) is 2.97. The highest BCUT2D eigenvalue weighted by atomic mass is 19.3. The third kappa shape index (κ3) is 3.89. The van der Waals surface area contributed by atoms with Crippen molar-refractivity contribution in [3.63, 3.8) is 0 Å². The molecule has 1 amide bonds. The highest BCUT2D eigenvalue weighted by molar-refractivity contribution is 5.85. The molecule has 17 heavy (non-hydrogen) atoms. The molecule has 1 aliphatic rings. The topological polar surface area (TPSA) is 64.3 Å². The molecule has 1 rings (SSSR count). The van der Waals surface area contributed by atoms with Crippen LogP contribution in [0.4, 0.5) is 8.78 Å². The van der Waals surface area contributed by atoms with Crippen LogP contribution in [0.3, 0.4) is 0 Å². The second-order valence-electron chi connectivity index (χ2n) is 4.82. The Labute approximate surface area is 99.9 Å². The SMILES string of the molecule is CC(C)NC(COCC(F)F)(C(N)=O)C1CC1. The van der Waals surface area contributed by atoms with Gasteiger partial charge in [-0.1, -0.05) is 0 Å². The van der Waals surface area contributed by atoms with Crippen molar-refractivity contribution in [1.82, 2.24) is 5.32 Å². The fourth-order valence-corrected chi connectivity index (χ4v) is 2.02. The predicted octanol–water partition coefficient (Wildman–Crippen LogP) is 0.900. The minimum Gasteiger partial charge on any atom is -0.373 e. The highest BCUT2D eigenvalue weighted by Gasteiger charge is 2.50. The Morgan fingerprint density at radius 1 is 1.53 bits per heavy atom. The summed E-state index contributed by atoms with van der Waals surface area (Å²) >= 11 is 0. The molecule has 0 aromatic carbocycles. The zero-order valence-corrected chi connectivity index (χ0v) is 10.2. The van der Waals surface area contributed by atoms with Crippen LogP contribution in [0.15, 0.2) is 0 Å². The van der Waals surface area contributed by atoms with Gasteiger partial charge in [0.1, 0.15) is 12.1 Å². The van der Waals surface area contributed by atoms with Crippen molar-refractivity contribution in [2.75, 3.05) is 13.2 Å². The summed E-state index contributed by atoms with van der Waals surface area (Å²) in [6.07, 6.45) is -0.777. The van der Waals surface area contributed by atoms with E-state index in [2.05, 4.69) is 5.32 Å². The number of halogens is 2. The van der Waals surface area contributed by atoms with Gasteiger partial charge in [-0.25, -0.2) is 8.78 Å². The first-order valence-corrected chi connectivity index (χ1v) is 5.82. The molecule has 0 aromatic rings. The van der Waals surface area contributed by atoms with Crippen LogP contribution >= 0.6 is 0 Å². The summed E-state index contributed by atoms with van der Waals surface area (Å²) in [5, 5.41) is 3.08. The van der Waals surface area contributed by atoms with E-state index in [1.807, 2.05) is 13.8 Å². The van der Waals surface area contributed by atoms with Crippen molar-refractivity contribution in [3.8, 4) is 0 Å². The van der Waals surface area contributed by atoms with Gasteiger partial charge >= 0.3 is 0 Å². The van der Waals surface area contributed by atoms with E-state index in [1.54, 1.807) is 0 Å². The van der Waals surface area contributed by atoms with E-state index in [-0.39, 0.29) is 18.6 Å². The summed E-state index contributed by atoms with van der Waals surface area (Å²) in [5.41, 5.74) is 4.41. The van der Waals surface area contributed by atoms with E-state index >= 15 is 0 Å². The molecule has 4 nitrogen and oxygen atoms in total. The quantitative estimate of drug-likeness (QED) is 0.672. The third-order valence-electron chi connectivity index (χ3n) is 2.83. The molecule has 1 atom stereocenters. The summed E-state index contributed by atoms with van der Waals surface area (Å²) in [6.45, 7) is 3.01. The molecule has 6 heteroatoms. The maximum absolute atomic E-state index is 12.0. The first-order chi connectivity index (χ1) is 7.88. The number of carbonyl (C=O) groups excluding carboxylic acids is 1. The average molecular weight is 250 g/mol. The zero-order valence-electron chi connectivity index (χ0n) is 10.2. The Kier molecular flexibility index (Phi) is 4.82. The van der Waals surface area contributed by atoms with Crippen molar-refractivity contribution >= 4 is 5.91 Å². The Bertz CT molecular complexity index is 270. The van der Waals surface area contributed by atoms with Crippen LogP contribution < -0.4 is 11.1 Å². The molecule has 1 unspecified atom stereocenters. The van der Waals surface area contributed by atoms with Crippen LogP contribution in [0.1, 0.15) is 26.7 Å². The zero-order chi connectivity index (χ0) is 13.1. The third-order valence-corrected chi connectivity index (χ3v) is 2.83. The molecule has 0 radical (unpaired) electrons. The second-order valence-corrected chi connectivity index (χ2v) is 4.82. The number of ether oxygens (including phenoxy) is 1. The van der Waals surface area contributed by atoms with Gasteiger partial charge in [0, 0.05) is 6.04 Å². The van der Waals surface area contributed by atoms with Gasteiger partial charge in [-0.05, 0) is 32.6 Å². The van der Waals surface area contributed by atoms with Gasteiger partial charge in [-0.3, -0.25) is 10.1 Å². The standard InChI is InChI=1S/C11H20F2N2O2/c1-7(2)15-11(10(14)16,8-3-4-8)6-17-5-9(12)13/h7-9,15H,3-6H2,1-2H3,(H2,14,16). The van der Waals surface area contributed by atoms with Crippen LogP contribution in [0, 0.1) is 5.92 Å². The van der Waals surface area contributed by atoms with Gasteiger partial charge in [0.15, 0.2) is 0 Å². The van der Waals surface area contributed by atoms with E-state index in [9.17, 15) is 13.6 Å². The Hall–Kier alpha value is -0.750. The smallest absolute Gasteiger partial charge is 0.261 e. The molecule has 0 aliphatic heterocycles. The van der Waals surface area contributed by atoms with E-state index in [0.29, 0.717) is 0 Å². The second kappa shape index (κ2) is 5.73. The molecule has 1 aliphatic carbocycles. The number of carbonyl (C=O) groups is 1. The van der Waals surface area contributed by atoms with Crippen molar-refractivity contribution < 1.29 is 18.3 Å². The summed E-state index contributed by atoms with van der Waals surface area (Å²) in [6, 6.07) is 0.0400. The Morgan fingerprint density at radius 3 is 2.47 bits per heavy atom. The van der Waals surface area contributed by atoms with Crippen LogP contribution in [-0.4, -0.2) is 37.1 Å². The van der Waals surface area contributed by atoms with Crippen LogP contribution in [-0.2, 0) is 9.53 Å². The first-order valence-electron chi connectivity index (χ1n) is 5.82. The number of hydrogen-bond donors (Lipinski definition) is 2. The maximum atomic E-state index is 12.0. The van der Waals surface area contributed by atoms with Gasteiger partial charge < -0.3 is 10.5 Å². The lowest BCUT2D eigenvalue weighted by Gasteiger charge is -2.33. The summed E-state index contributed by atoms with van der Waals surface area (Å²) in [5.74, 6) is -0.428. The molecular weight excluding hydrogens is 230 g/mol. The molecule has 0 heterocycles. The number of rotatable bonds is 8. The predicted molar refractivity (Wildman–Crippen MR) is 59.7 cm³/mol. The van der Waals surface area contributed by atoms with Crippen molar-refractivity contribution in [2.45, 2.75) is 44.7 Å². The first kappa shape index (κ1) is 14.3. The fraction of sp³-hybridized carbons (Fsp3) is 0.909. The normalized spacial score (nSPS) is 19.6. The molecule has 1 saturated carbocycles. The largest absolute Gasteiger partial charge is 0.373 e. The van der Waals surface area contributed by atoms with E-state index in [4.69, 9.17) is 10.5 Å². The fourth-order valence-electron chi connectivity index (χ4n) is 2.02. The lowest BCUT2D eigenvalue weighted by Crippen LogP contribution is -2.62. The summed E-state index contributed by atoms with van der Waals surface area (Å²) in [4.78, 5) is 11.6. The monoisotopic (exact) mass is 250 g/mol. The number of amides is 1. The Morgan fingerprint density at radius 2 is 2.12 bits per heavy atom. The molecule has 3 N–H and O–H groups in total. The molecule has 0 spiro atoms. The lowest BCUT2D eigenvalue weighted by atomic mass is 9.92. The number of alkyl halides is 2. The molecular formula is C11H20F2N2O2. The number of hydrogen-bond acceptors (Lipinski definition) is 3. The van der Waals surface area contributed by atoms with Crippen LogP contribution in [0.25, 0.3) is 0 Å². The van der Waals surface area contributed by atoms with Gasteiger partial charge in [-0.2, -0.15) is 0 Å². The maximum Gasteiger partial charge on any atom is 0.261 e. The van der Waals surface area contributed by atoms with Crippen molar-refractivity contribution in [2.24, 2.45) is 11.7 Å². The molecule has 0 bridgehead atoms. The lowest BCUT2D eigenvalue weighted by molar-refractivity contribution is -0.129. The van der Waals surface area contributed by atoms with Crippen LogP contribution in [0.5, 0.6) is 0 Å². The molecule has 0 aromatic heterocycles. The molecule has 0 saturated heterocycles. The van der Waals surface area contributed by atoms with Crippen molar-refractivity contribution in [3.05, 3.63) is 0 Å². The van der Waals surface area contributed by atoms with E-state index in [0.717, 1.165) is 12.8 Å². The highest BCUT2D eigenvalue weighted by Crippen LogP contribution is 2.40. The van der Waals surface area contributed by atoms with E-state index in [1.165, 1.54) is 0 Å². The minimum absolute atomic E-state index is 0.0400. The van der Waals surface area contributed by atoms with Gasteiger partial charge in [0.25, 0.3) is 6.43 Å². The van der Waals surface area contributed by atoms with Crippen LogP contribution in [0.2, 0.25) is 0 Å². The van der Waals surface area contributed by atoms with Gasteiger partial charge in [0.05, 0.1) is 6.61 Å². The summed E-state index contributed by atoms with van der Waals surface area (Å²) in [7, 11) is 0. The van der Waals surface area contributed by atoms with Gasteiger partial charge in [-0.15, -0.1) is 0 Å². The molecule has 100 valence electrons. The number of primary amides is 1. The van der Waals surface area contributed by atoms with E-state index < -0.39 is 24.5 Å². The van der Waals surface area contributed by atoms with Crippen molar-refractivity contribution in [1.29, 1.82) is 0 Å². The molecule has 1 fully saturated rings. The Balaban J connectivity index is 2.65. The number of nitrogens with one attached hydrogen (secondary N) is 1. The van der Waals surface area contributed by atoms with Gasteiger partial charge in [0.2, 0.25) is 5.91 Å². The minimum atomic E-state index is -2.53. The number of nitrogens with two attached hydrogens (primary N) is 1.